The number of piperidine rings is 1. The first-order valence-corrected chi connectivity index (χ1v) is 9.46. The SMILES string of the molecule is CC(=O)N1CCC(C(=O)Nc2nc3scc(-c4ccccc4)n3n2)CC1. The van der Waals surface area contributed by atoms with Gasteiger partial charge in [-0.05, 0) is 12.8 Å². The Labute approximate surface area is 154 Å². The van der Waals surface area contributed by atoms with Crippen molar-refractivity contribution in [1.82, 2.24) is 19.5 Å². The van der Waals surface area contributed by atoms with Crippen LogP contribution in [0.25, 0.3) is 16.2 Å². The number of hydrogen-bond acceptors (Lipinski definition) is 5. The Morgan fingerprint density at radius 2 is 1.92 bits per heavy atom. The molecule has 1 N–H and O–H groups in total. The van der Waals surface area contributed by atoms with Crippen molar-refractivity contribution in [3.05, 3.63) is 35.7 Å². The lowest BCUT2D eigenvalue weighted by atomic mass is 9.96. The number of rotatable bonds is 3. The number of nitrogens with one attached hydrogen (secondary N) is 1. The van der Waals surface area contributed by atoms with Crippen molar-refractivity contribution < 1.29 is 9.59 Å². The van der Waals surface area contributed by atoms with Gasteiger partial charge in [-0.25, -0.2) is 4.52 Å². The first-order chi connectivity index (χ1) is 12.6. The van der Waals surface area contributed by atoms with Crippen LogP contribution >= 0.6 is 11.3 Å². The van der Waals surface area contributed by atoms with Crippen LogP contribution in [0.5, 0.6) is 0 Å². The number of likely N-dealkylation sites (tertiary alicyclic amines) is 1. The number of aromatic nitrogens is 3. The van der Waals surface area contributed by atoms with Crippen molar-refractivity contribution >= 4 is 34.1 Å². The van der Waals surface area contributed by atoms with Gasteiger partial charge in [0.15, 0.2) is 0 Å². The zero-order valence-electron chi connectivity index (χ0n) is 14.4. The second-order valence-corrected chi connectivity index (χ2v) is 7.22. The minimum Gasteiger partial charge on any atom is -0.343 e. The lowest BCUT2D eigenvalue weighted by molar-refractivity contribution is -0.132. The summed E-state index contributed by atoms with van der Waals surface area (Å²) < 4.78 is 1.76. The Kier molecular flexibility index (Phi) is 4.42. The fraction of sp³-hybridized carbons (Fsp3) is 0.333. The zero-order chi connectivity index (χ0) is 18.1. The highest BCUT2D eigenvalue weighted by atomic mass is 32.1. The molecule has 1 fully saturated rings. The van der Waals surface area contributed by atoms with Gasteiger partial charge >= 0.3 is 0 Å². The van der Waals surface area contributed by atoms with Crippen molar-refractivity contribution in [2.24, 2.45) is 5.92 Å². The summed E-state index contributed by atoms with van der Waals surface area (Å²) in [5.41, 5.74) is 2.01. The Bertz CT molecular complexity index is 941. The van der Waals surface area contributed by atoms with Crippen LogP contribution in [0.1, 0.15) is 19.8 Å². The number of carbonyl (C=O) groups excluding carboxylic acids is 2. The molecule has 134 valence electrons. The van der Waals surface area contributed by atoms with Gasteiger partial charge in [0.05, 0.1) is 5.69 Å². The normalized spacial score (nSPS) is 15.3. The molecular weight excluding hydrogens is 350 g/mol. The standard InChI is InChI=1S/C18H19N5O2S/c1-12(24)22-9-7-14(8-10-22)16(25)19-17-20-18-23(21-17)15(11-26-18)13-5-3-2-4-6-13/h2-6,11,14H,7-10H2,1H3,(H,19,21,25). The van der Waals surface area contributed by atoms with Crippen LogP contribution in [0.3, 0.4) is 0 Å². The summed E-state index contributed by atoms with van der Waals surface area (Å²) >= 11 is 1.49. The van der Waals surface area contributed by atoms with Crippen molar-refractivity contribution in [3.63, 3.8) is 0 Å². The van der Waals surface area contributed by atoms with E-state index in [4.69, 9.17) is 0 Å². The third kappa shape index (κ3) is 3.20. The van der Waals surface area contributed by atoms with E-state index in [9.17, 15) is 9.59 Å². The molecule has 2 amide bonds. The highest BCUT2D eigenvalue weighted by Gasteiger charge is 2.27. The molecule has 8 heteroatoms. The van der Waals surface area contributed by atoms with Crippen LogP contribution in [-0.4, -0.2) is 44.4 Å². The predicted octanol–water partition coefficient (Wildman–Crippen LogP) is 2.65. The molecule has 1 aromatic carbocycles. The molecule has 0 saturated carbocycles. The van der Waals surface area contributed by atoms with Crippen molar-refractivity contribution in [3.8, 4) is 11.3 Å². The van der Waals surface area contributed by atoms with E-state index in [0.29, 0.717) is 31.9 Å². The summed E-state index contributed by atoms with van der Waals surface area (Å²) in [4.78, 5) is 30.8. The molecule has 7 nitrogen and oxygen atoms in total. The van der Waals surface area contributed by atoms with E-state index >= 15 is 0 Å². The molecule has 26 heavy (non-hydrogen) atoms. The Hall–Kier alpha value is -2.74. The first-order valence-electron chi connectivity index (χ1n) is 8.58. The van der Waals surface area contributed by atoms with Gasteiger partial charge in [-0.1, -0.05) is 30.3 Å². The minimum atomic E-state index is -0.110. The van der Waals surface area contributed by atoms with Crippen LogP contribution in [0.15, 0.2) is 35.7 Å². The van der Waals surface area contributed by atoms with Crippen LogP contribution in [-0.2, 0) is 9.59 Å². The quantitative estimate of drug-likeness (QED) is 0.770. The maximum absolute atomic E-state index is 12.5. The molecule has 3 heterocycles. The Morgan fingerprint density at radius 3 is 2.62 bits per heavy atom. The Morgan fingerprint density at radius 1 is 1.19 bits per heavy atom. The molecule has 0 unspecified atom stereocenters. The molecule has 2 aromatic heterocycles. The van der Waals surface area contributed by atoms with Gasteiger partial charge in [0.25, 0.3) is 0 Å². The molecule has 0 atom stereocenters. The van der Waals surface area contributed by atoms with E-state index in [2.05, 4.69) is 15.4 Å². The van der Waals surface area contributed by atoms with Crippen LogP contribution in [0, 0.1) is 5.92 Å². The van der Waals surface area contributed by atoms with Gasteiger partial charge in [-0.15, -0.1) is 16.4 Å². The number of thiazole rings is 1. The maximum Gasteiger partial charge on any atom is 0.250 e. The molecule has 4 rings (SSSR count). The number of amides is 2. The lowest BCUT2D eigenvalue weighted by Crippen LogP contribution is -2.40. The Balaban J connectivity index is 1.47. The number of fused-ring (bicyclic) bond motifs is 1. The molecule has 0 radical (unpaired) electrons. The second kappa shape index (κ2) is 6.87. The summed E-state index contributed by atoms with van der Waals surface area (Å²) in [6.07, 6.45) is 1.34. The van der Waals surface area contributed by atoms with Crippen LogP contribution < -0.4 is 5.32 Å². The first kappa shape index (κ1) is 16.7. The summed E-state index contributed by atoms with van der Waals surface area (Å²) in [5, 5.41) is 9.29. The topological polar surface area (TPSA) is 79.6 Å². The molecule has 1 saturated heterocycles. The smallest absolute Gasteiger partial charge is 0.250 e. The second-order valence-electron chi connectivity index (χ2n) is 6.39. The number of carbonyl (C=O) groups is 2. The highest BCUT2D eigenvalue weighted by Crippen LogP contribution is 2.26. The van der Waals surface area contributed by atoms with E-state index in [0.717, 1.165) is 16.2 Å². The van der Waals surface area contributed by atoms with Gasteiger partial charge < -0.3 is 4.90 Å². The van der Waals surface area contributed by atoms with Crippen molar-refractivity contribution in [2.45, 2.75) is 19.8 Å². The predicted molar refractivity (Wildman–Crippen MR) is 99.9 cm³/mol. The molecule has 1 aliphatic rings. The fourth-order valence-corrected chi connectivity index (χ4v) is 4.04. The average Bonchev–Trinajstić information content (AvgIpc) is 3.22. The number of hydrogen-bond donors (Lipinski definition) is 1. The van der Waals surface area contributed by atoms with Gasteiger partial charge in [0.1, 0.15) is 0 Å². The van der Waals surface area contributed by atoms with E-state index in [-0.39, 0.29) is 17.7 Å². The fourth-order valence-electron chi connectivity index (χ4n) is 3.21. The number of nitrogens with zero attached hydrogens (tertiary/aromatic N) is 4. The summed E-state index contributed by atoms with van der Waals surface area (Å²) in [6.45, 7) is 2.81. The van der Waals surface area contributed by atoms with Gasteiger partial charge in [0, 0.05) is 36.9 Å². The van der Waals surface area contributed by atoms with E-state index in [1.807, 2.05) is 35.7 Å². The van der Waals surface area contributed by atoms with E-state index in [1.165, 1.54) is 11.3 Å². The average molecular weight is 369 g/mol. The summed E-state index contributed by atoms with van der Waals surface area (Å²) in [5.74, 6) is 0.203. The lowest BCUT2D eigenvalue weighted by Gasteiger charge is -2.30. The largest absolute Gasteiger partial charge is 0.343 e. The maximum atomic E-state index is 12.5. The van der Waals surface area contributed by atoms with Gasteiger partial charge in [-0.3, -0.25) is 14.9 Å². The van der Waals surface area contributed by atoms with Crippen LogP contribution in [0.2, 0.25) is 0 Å². The molecule has 0 bridgehead atoms. The molecular formula is C18H19N5O2S. The molecule has 3 aromatic rings. The van der Waals surface area contributed by atoms with E-state index < -0.39 is 0 Å². The highest BCUT2D eigenvalue weighted by molar-refractivity contribution is 7.15. The molecule has 1 aliphatic heterocycles. The summed E-state index contributed by atoms with van der Waals surface area (Å²) in [6, 6.07) is 9.96. The van der Waals surface area contributed by atoms with Crippen molar-refractivity contribution in [2.75, 3.05) is 18.4 Å². The summed E-state index contributed by atoms with van der Waals surface area (Å²) in [7, 11) is 0. The zero-order valence-corrected chi connectivity index (χ0v) is 15.2. The van der Waals surface area contributed by atoms with Gasteiger partial charge in [0.2, 0.25) is 22.7 Å². The molecule has 0 spiro atoms. The van der Waals surface area contributed by atoms with Crippen LogP contribution in [0.4, 0.5) is 5.95 Å². The number of benzene rings is 1. The van der Waals surface area contributed by atoms with Gasteiger partial charge in [-0.2, -0.15) is 4.98 Å². The number of anilines is 1. The third-order valence-corrected chi connectivity index (χ3v) is 5.51. The van der Waals surface area contributed by atoms with E-state index in [1.54, 1.807) is 16.3 Å². The third-order valence-electron chi connectivity index (χ3n) is 4.70. The minimum absolute atomic E-state index is 0.0632. The monoisotopic (exact) mass is 369 g/mol. The van der Waals surface area contributed by atoms with Crippen molar-refractivity contribution in [1.29, 1.82) is 0 Å². The molecule has 0 aliphatic carbocycles.